The summed E-state index contributed by atoms with van der Waals surface area (Å²) >= 11 is 0. The molecule has 0 amide bonds. The van der Waals surface area contributed by atoms with Crippen molar-refractivity contribution in [2.75, 3.05) is 13.7 Å². The van der Waals surface area contributed by atoms with E-state index in [0.29, 0.717) is 6.61 Å². The van der Waals surface area contributed by atoms with Crippen LogP contribution >= 0.6 is 0 Å². The first-order chi connectivity index (χ1) is 5.88. The minimum Gasteiger partial charge on any atom is -0.493 e. The monoisotopic (exact) mass is 163 g/mol. The van der Waals surface area contributed by atoms with Crippen molar-refractivity contribution >= 4 is 6.21 Å². The maximum Gasteiger partial charge on any atom is 0.128 e. The van der Waals surface area contributed by atoms with Gasteiger partial charge in [-0.05, 0) is 19.1 Å². The lowest BCUT2D eigenvalue weighted by Crippen LogP contribution is -1.95. The third-order valence-corrected chi connectivity index (χ3v) is 1.49. The van der Waals surface area contributed by atoms with E-state index in [-0.39, 0.29) is 0 Å². The molecule has 64 valence electrons. The van der Waals surface area contributed by atoms with Crippen LogP contribution in [0.3, 0.4) is 0 Å². The van der Waals surface area contributed by atoms with Crippen molar-refractivity contribution in [3.8, 4) is 5.75 Å². The van der Waals surface area contributed by atoms with Gasteiger partial charge >= 0.3 is 0 Å². The molecule has 0 saturated heterocycles. The van der Waals surface area contributed by atoms with Crippen LogP contribution in [0.1, 0.15) is 12.5 Å². The molecular weight excluding hydrogens is 150 g/mol. The first-order valence-electron chi connectivity index (χ1n) is 4.02. The highest BCUT2D eigenvalue weighted by molar-refractivity contribution is 5.83. The van der Waals surface area contributed by atoms with Gasteiger partial charge in [-0.1, -0.05) is 12.1 Å². The number of rotatable bonds is 3. The maximum absolute atomic E-state index is 5.40. The zero-order chi connectivity index (χ0) is 8.81. The van der Waals surface area contributed by atoms with Crippen molar-refractivity contribution in [2.24, 2.45) is 4.99 Å². The number of hydrogen-bond acceptors (Lipinski definition) is 2. The SMILES string of the molecule is CCOc1ccccc1C=NC. The number of aliphatic imine (C=N–C) groups is 1. The Morgan fingerprint density at radius 1 is 1.42 bits per heavy atom. The fourth-order valence-corrected chi connectivity index (χ4v) is 1.01. The normalized spacial score (nSPS) is 10.5. The Balaban J connectivity index is 2.91. The van der Waals surface area contributed by atoms with E-state index in [1.54, 1.807) is 13.3 Å². The van der Waals surface area contributed by atoms with Gasteiger partial charge in [-0.3, -0.25) is 4.99 Å². The maximum atomic E-state index is 5.40. The Labute approximate surface area is 72.9 Å². The summed E-state index contributed by atoms with van der Waals surface area (Å²) in [5, 5.41) is 0. The summed E-state index contributed by atoms with van der Waals surface area (Å²) in [5.74, 6) is 0.894. The van der Waals surface area contributed by atoms with Gasteiger partial charge in [0, 0.05) is 18.8 Å². The van der Waals surface area contributed by atoms with E-state index in [1.807, 2.05) is 31.2 Å². The van der Waals surface area contributed by atoms with Gasteiger partial charge in [0.2, 0.25) is 0 Å². The molecule has 0 aliphatic carbocycles. The van der Waals surface area contributed by atoms with Gasteiger partial charge in [0.1, 0.15) is 5.75 Å². The van der Waals surface area contributed by atoms with E-state index >= 15 is 0 Å². The van der Waals surface area contributed by atoms with Crippen molar-refractivity contribution in [1.82, 2.24) is 0 Å². The third-order valence-electron chi connectivity index (χ3n) is 1.49. The van der Waals surface area contributed by atoms with E-state index in [0.717, 1.165) is 11.3 Å². The second-order valence-corrected chi connectivity index (χ2v) is 2.36. The zero-order valence-electron chi connectivity index (χ0n) is 7.45. The van der Waals surface area contributed by atoms with Crippen molar-refractivity contribution < 1.29 is 4.74 Å². The van der Waals surface area contributed by atoms with Crippen LogP contribution < -0.4 is 4.74 Å². The molecule has 1 aromatic carbocycles. The molecule has 0 aromatic heterocycles. The molecule has 0 aliphatic rings. The summed E-state index contributed by atoms with van der Waals surface area (Å²) in [7, 11) is 1.75. The van der Waals surface area contributed by atoms with Crippen LogP contribution in [0, 0.1) is 0 Å². The number of ether oxygens (including phenoxy) is 1. The van der Waals surface area contributed by atoms with E-state index in [4.69, 9.17) is 4.74 Å². The lowest BCUT2D eigenvalue weighted by atomic mass is 10.2. The predicted octanol–water partition coefficient (Wildman–Crippen LogP) is 2.13. The van der Waals surface area contributed by atoms with Crippen LogP contribution in [0.25, 0.3) is 0 Å². The van der Waals surface area contributed by atoms with Gasteiger partial charge < -0.3 is 4.74 Å². The van der Waals surface area contributed by atoms with E-state index in [9.17, 15) is 0 Å². The second kappa shape index (κ2) is 4.54. The minimum atomic E-state index is 0.689. The van der Waals surface area contributed by atoms with Crippen LogP contribution in [0.5, 0.6) is 5.75 Å². The van der Waals surface area contributed by atoms with Gasteiger partial charge in [-0.2, -0.15) is 0 Å². The average Bonchev–Trinajstić information content (AvgIpc) is 2.09. The van der Waals surface area contributed by atoms with Crippen LogP contribution in [0.4, 0.5) is 0 Å². The molecule has 0 aliphatic heterocycles. The summed E-state index contributed by atoms with van der Waals surface area (Å²) in [4.78, 5) is 3.94. The van der Waals surface area contributed by atoms with Gasteiger partial charge in [0.15, 0.2) is 0 Å². The predicted molar refractivity (Wildman–Crippen MR) is 51.1 cm³/mol. The van der Waals surface area contributed by atoms with Crippen LogP contribution in [-0.2, 0) is 0 Å². The molecule has 0 saturated carbocycles. The fraction of sp³-hybridized carbons (Fsp3) is 0.300. The molecule has 2 heteroatoms. The Hall–Kier alpha value is -1.31. The van der Waals surface area contributed by atoms with E-state index < -0.39 is 0 Å². The number of hydrogen-bond donors (Lipinski definition) is 0. The lowest BCUT2D eigenvalue weighted by Gasteiger charge is -2.04. The van der Waals surface area contributed by atoms with Crippen LogP contribution in [0.2, 0.25) is 0 Å². The minimum absolute atomic E-state index is 0.689. The molecule has 0 atom stereocenters. The molecule has 0 N–H and O–H groups in total. The van der Waals surface area contributed by atoms with Crippen LogP contribution in [0.15, 0.2) is 29.3 Å². The Morgan fingerprint density at radius 2 is 2.17 bits per heavy atom. The van der Waals surface area contributed by atoms with E-state index in [2.05, 4.69) is 4.99 Å². The molecule has 0 spiro atoms. The van der Waals surface area contributed by atoms with Crippen molar-refractivity contribution in [3.63, 3.8) is 0 Å². The molecule has 0 radical (unpaired) electrons. The van der Waals surface area contributed by atoms with E-state index in [1.165, 1.54) is 0 Å². The molecule has 2 nitrogen and oxygen atoms in total. The fourth-order valence-electron chi connectivity index (χ4n) is 1.01. The molecule has 1 rings (SSSR count). The summed E-state index contributed by atoms with van der Waals surface area (Å²) in [6, 6.07) is 7.86. The first-order valence-corrected chi connectivity index (χ1v) is 4.02. The number of para-hydroxylation sites is 1. The second-order valence-electron chi connectivity index (χ2n) is 2.36. The highest BCUT2D eigenvalue weighted by atomic mass is 16.5. The topological polar surface area (TPSA) is 21.6 Å². The van der Waals surface area contributed by atoms with Gasteiger partial charge in [0.25, 0.3) is 0 Å². The first kappa shape index (κ1) is 8.78. The van der Waals surface area contributed by atoms with Crippen molar-refractivity contribution in [1.29, 1.82) is 0 Å². The summed E-state index contributed by atoms with van der Waals surface area (Å²) in [5.41, 5.74) is 1.03. The largest absolute Gasteiger partial charge is 0.493 e. The average molecular weight is 163 g/mol. The Bertz CT molecular complexity index is 268. The summed E-state index contributed by atoms with van der Waals surface area (Å²) in [6.07, 6.45) is 1.80. The standard InChI is InChI=1S/C10H13NO/c1-3-12-10-7-5-4-6-9(10)8-11-2/h4-8H,3H2,1-2H3. The summed E-state index contributed by atoms with van der Waals surface area (Å²) < 4.78 is 5.40. The Morgan fingerprint density at radius 3 is 2.83 bits per heavy atom. The highest BCUT2D eigenvalue weighted by Gasteiger charge is 1.96. The zero-order valence-corrected chi connectivity index (χ0v) is 7.45. The molecule has 0 bridgehead atoms. The molecule has 0 unspecified atom stereocenters. The number of benzene rings is 1. The smallest absolute Gasteiger partial charge is 0.128 e. The molecule has 1 aromatic rings. The molecule has 0 fully saturated rings. The molecule has 0 heterocycles. The van der Waals surface area contributed by atoms with Crippen molar-refractivity contribution in [2.45, 2.75) is 6.92 Å². The Kier molecular flexibility index (Phi) is 3.33. The number of nitrogens with zero attached hydrogens (tertiary/aromatic N) is 1. The summed E-state index contributed by atoms with van der Waals surface area (Å²) in [6.45, 7) is 2.66. The highest BCUT2D eigenvalue weighted by Crippen LogP contribution is 2.15. The van der Waals surface area contributed by atoms with Crippen LogP contribution in [-0.4, -0.2) is 19.9 Å². The lowest BCUT2D eigenvalue weighted by molar-refractivity contribution is 0.340. The third kappa shape index (κ3) is 2.09. The molecule has 12 heavy (non-hydrogen) atoms. The van der Waals surface area contributed by atoms with Gasteiger partial charge in [-0.15, -0.1) is 0 Å². The molecular formula is C10H13NO. The quantitative estimate of drug-likeness (QED) is 0.625. The van der Waals surface area contributed by atoms with Gasteiger partial charge in [-0.25, -0.2) is 0 Å². The van der Waals surface area contributed by atoms with Gasteiger partial charge in [0.05, 0.1) is 6.61 Å². The van der Waals surface area contributed by atoms with Crippen molar-refractivity contribution in [3.05, 3.63) is 29.8 Å².